The molecule has 3 rings (SSSR count). The Bertz CT molecular complexity index is 1280. The van der Waals surface area contributed by atoms with E-state index in [9.17, 15) is 9.18 Å². The average molecular weight is 677 g/mol. The number of aldehydes is 1. The standard InChI is InChI=1S/C19H29N.C11H15F.C7H8O.C4H11N.C3H6O/c1-7-16(4)19(6,13-15(2)3)17(5)20-14-18-11-9-8-10-12-18;1-8(2)6-10-4-5-11(12)7-9(10)3;1-6-2-4-7(8)5-3-6;1-4(2)5-3;1-2-3-4/h8-12,16,20H,2,5,7,13-14H2,1,3-4,6H3;4-5,7-8H,6H2,1-3H3;2-5,8H,1H3;4-5H,1-3H3;3H,2H2,1H3. The van der Waals surface area contributed by atoms with E-state index in [0.717, 1.165) is 43.4 Å². The summed E-state index contributed by atoms with van der Waals surface area (Å²) >= 11 is 0. The van der Waals surface area contributed by atoms with E-state index in [2.05, 4.69) is 103 Å². The molecule has 5 heteroatoms. The lowest BCUT2D eigenvalue weighted by atomic mass is 9.70. The van der Waals surface area contributed by atoms with Crippen molar-refractivity contribution in [3.63, 3.8) is 0 Å². The van der Waals surface area contributed by atoms with Crippen molar-refractivity contribution >= 4 is 6.29 Å². The number of nitrogens with one attached hydrogen (secondary N) is 2. The number of aromatic hydroxyl groups is 1. The van der Waals surface area contributed by atoms with Gasteiger partial charge in [0.1, 0.15) is 17.9 Å². The lowest BCUT2D eigenvalue weighted by molar-refractivity contribution is -0.107. The van der Waals surface area contributed by atoms with Crippen LogP contribution in [0, 0.1) is 36.9 Å². The number of phenols is 1. The van der Waals surface area contributed by atoms with Gasteiger partial charge < -0.3 is 20.5 Å². The maximum absolute atomic E-state index is 12.7. The predicted octanol–water partition coefficient (Wildman–Crippen LogP) is 11.6. The van der Waals surface area contributed by atoms with E-state index in [4.69, 9.17) is 5.11 Å². The summed E-state index contributed by atoms with van der Waals surface area (Å²) in [5.74, 6) is 1.40. The van der Waals surface area contributed by atoms with Crippen molar-refractivity contribution in [2.24, 2.45) is 17.3 Å². The minimum absolute atomic E-state index is 0.0648. The number of benzene rings is 3. The molecule has 0 amide bonds. The molecule has 3 N–H and O–H groups in total. The van der Waals surface area contributed by atoms with Crippen LogP contribution in [-0.4, -0.2) is 24.5 Å². The van der Waals surface area contributed by atoms with E-state index in [-0.39, 0.29) is 11.2 Å². The van der Waals surface area contributed by atoms with E-state index < -0.39 is 0 Å². The molecule has 3 aromatic rings. The van der Waals surface area contributed by atoms with E-state index in [0.29, 0.717) is 30.0 Å². The summed E-state index contributed by atoms with van der Waals surface area (Å²) in [6.45, 7) is 32.5. The highest BCUT2D eigenvalue weighted by Gasteiger charge is 2.33. The molecule has 0 fully saturated rings. The Morgan fingerprint density at radius 3 is 1.86 bits per heavy atom. The molecule has 0 aliphatic carbocycles. The van der Waals surface area contributed by atoms with Gasteiger partial charge in [0.25, 0.3) is 0 Å². The number of hydrogen-bond donors (Lipinski definition) is 3. The van der Waals surface area contributed by atoms with Crippen LogP contribution in [0.25, 0.3) is 0 Å². The highest BCUT2D eigenvalue weighted by molar-refractivity contribution is 5.48. The zero-order valence-corrected chi connectivity index (χ0v) is 32.9. The molecule has 0 spiro atoms. The number of halogens is 1. The summed E-state index contributed by atoms with van der Waals surface area (Å²) in [4.78, 5) is 9.17. The SMILES string of the molecule is C=C(C)CC(C)(C(=C)NCc1ccccc1)C(C)CC.CCC=O.CNC(C)C.Cc1cc(F)ccc1CC(C)C.Cc1ccc(O)cc1. The smallest absolute Gasteiger partial charge is 0.123 e. The molecular formula is C44H69FN2O2. The first-order valence-corrected chi connectivity index (χ1v) is 17.7. The van der Waals surface area contributed by atoms with Crippen LogP contribution in [0.4, 0.5) is 4.39 Å². The van der Waals surface area contributed by atoms with Gasteiger partial charge in [-0.2, -0.15) is 0 Å². The van der Waals surface area contributed by atoms with Crippen LogP contribution >= 0.6 is 0 Å². The van der Waals surface area contributed by atoms with Crippen molar-refractivity contribution in [2.75, 3.05) is 7.05 Å². The fraction of sp³-hybridized carbons (Fsp3) is 0.477. The Morgan fingerprint density at radius 1 is 0.939 bits per heavy atom. The highest BCUT2D eigenvalue weighted by Crippen LogP contribution is 2.40. The maximum Gasteiger partial charge on any atom is 0.123 e. The molecular weight excluding hydrogens is 607 g/mol. The largest absolute Gasteiger partial charge is 0.508 e. The molecule has 0 saturated carbocycles. The van der Waals surface area contributed by atoms with Gasteiger partial charge in [-0.3, -0.25) is 0 Å². The van der Waals surface area contributed by atoms with Gasteiger partial charge in [-0.25, -0.2) is 4.39 Å². The van der Waals surface area contributed by atoms with Crippen molar-refractivity contribution in [2.45, 2.75) is 114 Å². The Morgan fingerprint density at radius 2 is 1.47 bits per heavy atom. The zero-order valence-electron chi connectivity index (χ0n) is 32.9. The Kier molecular flexibility index (Phi) is 26.3. The monoisotopic (exact) mass is 677 g/mol. The third kappa shape index (κ3) is 23.3. The second-order valence-electron chi connectivity index (χ2n) is 13.7. The molecule has 3 aromatic carbocycles. The maximum atomic E-state index is 12.7. The molecule has 0 aliphatic heterocycles. The van der Waals surface area contributed by atoms with E-state index in [1.807, 2.05) is 52.1 Å². The van der Waals surface area contributed by atoms with Crippen LogP contribution in [0.2, 0.25) is 0 Å². The first kappa shape index (κ1) is 47.4. The Balaban J connectivity index is 0. The molecule has 2 unspecified atom stereocenters. The number of carbonyl (C=O) groups is 1. The summed E-state index contributed by atoms with van der Waals surface area (Å²) < 4.78 is 12.7. The summed E-state index contributed by atoms with van der Waals surface area (Å²) in [5, 5.41) is 15.3. The van der Waals surface area contributed by atoms with Gasteiger partial charge in [-0.05, 0) is 93.5 Å². The van der Waals surface area contributed by atoms with Gasteiger partial charge in [0.2, 0.25) is 0 Å². The van der Waals surface area contributed by atoms with E-state index in [1.54, 1.807) is 18.2 Å². The fourth-order valence-corrected chi connectivity index (χ4v) is 4.54. The lowest BCUT2D eigenvalue weighted by Gasteiger charge is -2.38. The number of phenolic OH excluding ortho intramolecular Hbond substituents is 1. The van der Waals surface area contributed by atoms with Gasteiger partial charge in [0.05, 0.1) is 0 Å². The molecule has 0 aliphatic rings. The van der Waals surface area contributed by atoms with Gasteiger partial charge in [0, 0.05) is 30.1 Å². The third-order valence-corrected chi connectivity index (χ3v) is 8.12. The highest BCUT2D eigenvalue weighted by atomic mass is 19.1. The zero-order chi connectivity index (χ0) is 38.0. The molecule has 0 saturated heterocycles. The van der Waals surface area contributed by atoms with Gasteiger partial charge in [-0.1, -0.05) is 128 Å². The lowest BCUT2D eigenvalue weighted by Crippen LogP contribution is -2.34. The number of rotatable bonds is 12. The second-order valence-corrected chi connectivity index (χ2v) is 13.7. The van der Waals surface area contributed by atoms with Gasteiger partial charge in [0.15, 0.2) is 0 Å². The second kappa shape index (κ2) is 27.2. The van der Waals surface area contributed by atoms with Crippen LogP contribution in [0.3, 0.4) is 0 Å². The number of aryl methyl sites for hydroxylation is 2. The summed E-state index contributed by atoms with van der Waals surface area (Å²) in [7, 11) is 1.95. The molecule has 4 nitrogen and oxygen atoms in total. The molecule has 0 heterocycles. The number of allylic oxidation sites excluding steroid dienone is 2. The summed E-state index contributed by atoms with van der Waals surface area (Å²) in [6, 6.07) is 23.2. The van der Waals surface area contributed by atoms with Crippen molar-refractivity contribution in [1.82, 2.24) is 10.6 Å². The topological polar surface area (TPSA) is 61.4 Å². The Hall–Kier alpha value is -3.70. The minimum atomic E-state index is -0.139. The molecule has 274 valence electrons. The van der Waals surface area contributed by atoms with Crippen LogP contribution < -0.4 is 10.6 Å². The fourth-order valence-electron chi connectivity index (χ4n) is 4.54. The predicted molar refractivity (Wildman–Crippen MR) is 212 cm³/mol. The van der Waals surface area contributed by atoms with Crippen molar-refractivity contribution in [3.05, 3.63) is 125 Å². The quantitative estimate of drug-likeness (QED) is 0.132. The Labute approximate surface area is 300 Å². The number of hydrogen-bond acceptors (Lipinski definition) is 4. The van der Waals surface area contributed by atoms with Crippen molar-refractivity contribution in [3.8, 4) is 5.75 Å². The van der Waals surface area contributed by atoms with Crippen LogP contribution in [0.1, 0.15) is 104 Å². The van der Waals surface area contributed by atoms with Crippen molar-refractivity contribution in [1.29, 1.82) is 0 Å². The summed E-state index contributed by atoms with van der Waals surface area (Å²) in [6.07, 6.45) is 4.69. The van der Waals surface area contributed by atoms with Crippen LogP contribution in [-0.2, 0) is 17.8 Å². The van der Waals surface area contributed by atoms with E-state index >= 15 is 0 Å². The van der Waals surface area contributed by atoms with Crippen LogP contribution in [0.15, 0.2) is 97.2 Å². The molecule has 2 atom stereocenters. The molecule has 0 aromatic heterocycles. The van der Waals surface area contributed by atoms with Gasteiger partial charge in [-0.15, -0.1) is 6.58 Å². The average Bonchev–Trinajstić information content (AvgIpc) is 3.06. The normalized spacial score (nSPS) is 11.8. The third-order valence-electron chi connectivity index (χ3n) is 8.12. The molecule has 0 radical (unpaired) electrons. The minimum Gasteiger partial charge on any atom is -0.508 e. The molecule has 0 bridgehead atoms. The number of carbonyl (C=O) groups excluding carboxylic acids is 1. The summed E-state index contributed by atoms with van der Waals surface area (Å²) in [5.41, 5.74) is 7.18. The first-order chi connectivity index (χ1) is 23.0. The molecule has 49 heavy (non-hydrogen) atoms. The van der Waals surface area contributed by atoms with Gasteiger partial charge >= 0.3 is 0 Å². The van der Waals surface area contributed by atoms with Crippen LogP contribution in [0.5, 0.6) is 5.75 Å². The van der Waals surface area contributed by atoms with Crippen molar-refractivity contribution < 1.29 is 14.3 Å². The first-order valence-electron chi connectivity index (χ1n) is 17.7. The van der Waals surface area contributed by atoms with E-state index in [1.165, 1.54) is 28.3 Å².